The Hall–Kier alpha value is -2.80. The van der Waals surface area contributed by atoms with Crippen molar-refractivity contribution in [2.24, 2.45) is 0 Å². The van der Waals surface area contributed by atoms with Crippen LogP contribution >= 0.6 is 11.6 Å². The van der Waals surface area contributed by atoms with Gasteiger partial charge in [-0.3, -0.25) is 4.79 Å². The molecule has 0 aliphatic carbocycles. The highest BCUT2D eigenvalue weighted by molar-refractivity contribution is 6.32. The first kappa shape index (κ1) is 17.0. The lowest BCUT2D eigenvalue weighted by Gasteiger charge is -2.14. The van der Waals surface area contributed by atoms with Crippen LogP contribution in [0.2, 0.25) is 5.02 Å². The van der Waals surface area contributed by atoms with Gasteiger partial charge in [-0.05, 0) is 12.1 Å². The van der Waals surface area contributed by atoms with Gasteiger partial charge in [0.25, 0.3) is 0 Å². The second kappa shape index (κ2) is 7.40. The third-order valence-corrected chi connectivity index (χ3v) is 3.87. The molecular weight excluding hydrogens is 348 g/mol. The number of amides is 1. The molecule has 2 aromatic carbocycles. The molecular formula is C17H17ClN2O5. The Morgan fingerprint density at radius 2 is 1.88 bits per heavy atom. The van der Waals surface area contributed by atoms with Crippen LogP contribution in [0, 0.1) is 0 Å². The molecule has 1 heterocycles. The lowest BCUT2D eigenvalue weighted by molar-refractivity contribution is -0.114. The monoisotopic (exact) mass is 364 g/mol. The van der Waals surface area contributed by atoms with Crippen LogP contribution in [0.3, 0.4) is 0 Å². The summed E-state index contributed by atoms with van der Waals surface area (Å²) in [6.07, 6.45) is 0. The fourth-order valence-corrected chi connectivity index (χ4v) is 2.58. The Kier molecular flexibility index (Phi) is 5.04. The predicted octanol–water partition coefficient (Wildman–Crippen LogP) is 3.14. The molecule has 8 heteroatoms. The van der Waals surface area contributed by atoms with E-state index < -0.39 is 0 Å². The second-order valence-electron chi connectivity index (χ2n) is 5.16. The van der Waals surface area contributed by atoms with Crippen molar-refractivity contribution in [1.29, 1.82) is 0 Å². The Balaban J connectivity index is 1.64. The Bertz CT molecular complexity index is 797. The van der Waals surface area contributed by atoms with E-state index in [1.165, 1.54) is 14.2 Å². The lowest BCUT2D eigenvalue weighted by Crippen LogP contribution is -2.22. The van der Waals surface area contributed by atoms with E-state index in [0.29, 0.717) is 39.4 Å². The van der Waals surface area contributed by atoms with Gasteiger partial charge in [0.15, 0.2) is 11.5 Å². The van der Waals surface area contributed by atoms with Gasteiger partial charge in [0.2, 0.25) is 12.7 Å². The zero-order chi connectivity index (χ0) is 17.8. The molecule has 0 saturated heterocycles. The average molecular weight is 365 g/mol. The van der Waals surface area contributed by atoms with Gasteiger partial charge in [0.05, 0.1) is 31.5 Å². The summed E-state index contributed by atoms with van der Waals surface area (Å²) in [6.45, 7) is 0.224. The number of nitrogens with one attached hydrogen (secondary N) is 2. The fourth-order valence-electron chi connectivity index (χ4n) is 2.35. The van der Waals surface area contributed by atoms with Crippen molar-refractivity contribution in [2.75, 3.05) is 38.2 Å². The van der Waals surface area contributed by atoms with Gasteiger partial charge in [0, 0.05) is 23.9 Å². The molecule has 132 valence electrons. The van der Waals surface area contributed by atoms with Crippen molar-refractivity contribution in [3.05, 3.63) is 35.4 Å². The van der Waals surface area contributed by atoms with Gasteiger partial charge in [-0.15, -0.1) is 0 Å². The maximum atomic E-state index is 12.2. The normalized spacial score (nSPS) is 11.8. The topological polar surface area (TPSA) is 78.1 Å². The molecule has 7 nitrogen and oxygen atoms in total. The zero-order valence-electron chi connectivity index (χ0n) is 13.7. The standard InChI is InChI=1S/C17H17ClN2O5/c1-22-14-7-12(15(23-2)6-11(14)18)19-8-17(21)20-10-3-4-13-16(5-10)25-9-24-13/h3-7,19H,8-9H2,1-2H3,(H,20,21). The number of rotatable bonds is 6. The van der Waals surface area contributed by atoms with E-state index in [2.05, 4.69) is 10.6 Å². The maximum absolute atomic E-state index is 12.2. The van der Waals surface area contributed by atoms with Crippen LogP contribution in [0.5, 0.6) is 23.0 Å². The minimum absolute atomic E-state index is 0.0373. The molecule has 0 fully saturated rings. The van der Waals surface area contributed by atoms with E-state index in [9.17, 15) is 4.79 Å². The number of hydrogen-bond acceptors (Lipinski definition) is 6. The number of methoxy groups -OCH3 is 2. The first-order valence-electron chi connectivity index (χ1n) is 7.45. The number of halogens is 1. The fraction of sp³-hybridized carbons (Fsp3) is 0.235. The van der Waals surface area contributed by atoms with E-state index >= 15 is 0 Å². The van der Waals surface area contributed by atoms with E-state index in [0.717, 1.165) is 0 Å². The molecule has 0 spiro atoms. The third-order valence-electron chi connectivity index (χ3n) is 3.57. The van der Waals surface area contributed by atoms with Gasteiger partial charge in [-0.25, -0.2) is 0 Å². The van der Waals surface area contributed by atoms with Crippen LogP contribution in [0.4, 0.5) is 11.4 Å². The molecule has 0 saturated carbocycles. The van der Waals surface area contributed by atoms with Crippen LogP contribution in [0.25, 0.3) is 0 Å². The number of fused-ring (bicyclic) bond motifs is 1. The van der Waals surface area contributed by atoms with Crippen LogP contribution < -0.4 is 29.6 Å². The first-order valence-corrected chi connectivity index (χ1v) is 7.83. The molecule has 1 aliphatic heterocycles. The highest BCUT2D eigenvalue weighted by Crippen LogP contribution is 2.36. The minimum atomic E-state index is -0.227. The molecule has 0 radical (unpaired) electrons. The molecule has 0 atom stereocenters. The van der Waals surface area contributed by atoms with Gasteiger partial charge in [-0.2, -0.15) is 0 Å². The van der Waals surface area contributed by atoms with Crippen LogP contribution in [0.1, 0.15) is 0 Å². The van der Waals surface area contributed by atoms with Crippen molar-refractivity contribution >= 4 is 28.9 Å². The predicted molar refractivity (Wildman–Crippen MR) is 94.2 cm³/mol. The van der Waals surface area contributed by atoms with Gasteiger partial charge < -0.3 is 29.6 Å². The molecule has 2 N–H and O–H groups in total. The van der Waals surface area contributed by atoms with Crippen molar-refractivity contribution in [3.63, 3.8) is 0 Å². The first-order chi connectivity index (χ1) is 12.1. The van der Waals surface area contributed by atoms with E-state index in [1.54, 1.807) is 30.3 Å². The van der Waals surface area contributed by atoms with Crippen molar-refractivity contribution in [1.82, 2.24) is 0 Å². The minimum Gasteiger partial charge on any atom is -0.495 e. The number of benzene rings is 2. The zero-order valence-corrected chi connectivity index (χ0v) is 14.5. The van der Waals surface area contributed by atoms with Crippen molar-refractivity contribution in [3.8, 4) is 23.0 Å². The number of carbonyl (C=O) groups is 1. The SMILES string of the molecule is COc1cc(NCC(=O)Nc2ccc3c(c2)OCO3)c(OC)cc1Cl. The largest absolute Gasteiger partial charge is 0.495 e. The van der Waals surface area contributed by atoms with E-state index in [-0.39, 0.29) is 19.2 Å². The highest BCUT2D eigenvalue weighted by Gasteiger charge is 2.15. The molecule has 0 bridgehead atoms. The van der Waals surface area contributed by atoms with E-state index in [1.807, 2.05) is 0 Å². The number of carbonyl (C=O) groups excluding carboxylic acids is 1. The average Bonchev–Trinajstić information content (AvgIpc) is 3.08. The van der Waals surface area contributed by atoms with Gasteiger partial charge in [0.1, 0.15) is 11.5 Å². The van der Waals surface area contributed by atoms with Crippen LogP contribution in [0.15, 0.2) is 30.3 Å². The summed E-state index contributed by atoms with van der Waals surface area (Å²) in [5.74, 6) is 2.04. The maximum Gasteiger partial charge on any atom is 0.243 e. The number of hydrogen-bond donors (Lipinski definition) is 2. The Labute approximate surface area is 149 Å². The Morgan fingerprint density at radius 1 is 1.12 bits per heavy atom. The van der Waals surface area contributed by atoms with Crippen LogP contribution in [-0.4, -0.2) is 33.5 Å². The number of ether oxygens (including phenoxy) is 4. The summed E-state index contributed by atoms with van der Waals surface area (Å²) >= 11 is 6.06. The summed E-state index contributed by atoms with van der Waals surface area (Å²) in [6, 6.07) is 8.51. The van der Waals surface area contributed by atoms with Crippen molar-refractivity contribution < 1.29 is 23.7 Å². The molecule has 2 aromatic rings. The summed E-state index contributed by atoms with van der Waals surface area (Å²) in [5.41, 5.74) is 1.22. The molecule has 0 unspecified atom stereocenters. The smallest absolute Gasteiger partial charge is 0.243 e. The summed E-state index contributed by atoms with van der Waals surface area (Å²) in [7, 11) is 3.04. The van der Waals surface area contributed by atoms with E-state index in [4.69, 9.17) is 30.5 Å². The Morgan fingerprint density at radius 3 is 2.64 bits per heavy atom. The van der Waals surface area contributed by atoms with Gasteiger partial charge in [-0.1, -0.05) is 11.6 Å². The molecule has 25 heavy (non-hydrogen) atoms. The third kappa shape index (κ3) is 3.83. The van der Waals surface area contributed by atoms with Gasteiger partial charge >= 0.3 is 0 Å². The lowest BCUT2D eigenvalue weighted by atomic mass is 10.2. The molecule has 1 aliphatic rings. The summed E-state index contributed by atoms with van der Waals surface area (Å²) in [4.78, 5) is 12.2. The quantitative estimate of drug-likeness (QED) is 0.820. The summed E-state index contributed by atoms with van der Waals surface area (Å²) in [5, 5.41) is 6.22. The molecule has 1 amide bonds. The second-order valence-corrected chi connectivity index (χ2v) is 5.56. The number of anilines is 2. The van der Waals surface area contributed by atoms with Crippen molar-refractivity contribution in [2.45, 2.75) is 0 Å². The van der Waals surface area contributed by atoms with Crippen LogP contribution in [-0.2, 0) is 4.79 Å². The molecule has 0 aromatic heterocycles. The summed E-state index contributed by atoms with van der Waals surface area (Å²) < 4.78 is 21.0. The highest BCUT2D eigenvalue weighted by atomic mass is 35.5. The molecule has 3 rings (SSSR count).